The Kier molecular flexibility index (Phi) is 4.71. The zero-order valence-corrected chi connectivity index (χ0v) is 12.3. The highest BCUT2D eigenvalue weighted by Crippen LogP contribution is 2.36. The van der Waals surface area contributed by atoms with Crippen LogP contribution in [-0.4, -0.2) is 19.4 Å². The number of ether oxygens (including phenoxy) is 1. The first-order valence-corrected chi connectivity index (χ1v) is 6.31. The molecule has 0 bridgehead atoms. The first-order chi connectivity index (χ1) is 7.95. The zero-order valence-electron chi connectivity index (χ0n) is 10.7. The summed E-state index contributed by atoms with van der Waals surface area (Å²) in [4.78, 5) is 12.1. The number of halogens is 1. The summed E-state index contributed by atoms with van der Waals surface area (Å²) in [5.41, 5.74) is 9.10. The van der Waals surface area contributed by atoms with Gasteiger partial charge in [0.2, 0.25) is 0 Å². The van der Waals surface area contributed by atoms with Gasteiger partial charge in [0, 0.05) is 10.9 Å². The topological polar surface area (TPSA) is 52.3 Å². The predicted octanol–water partition coefficient (Wildman–Crippen LogP) is 2.91. The molecule has 1 rings (SSSR count). The fourth-order valence-electron chi connectivity index (χ4n) is 1.93. The number of carbonyl (C=O) groups excluding carboxylic acids is 1. The molecule has 94 valence electrons. The highest BCUT2D eigenvalue weighted by molar-refractivity contribution is 9.10. The minimum absolute atomic E-state index is 0.0330. The molecule has 0 saturated carbocycles. The van der Waals surface area contributed by atoms with Crippen molar-refractivity contribution in [3.63, 3.8) is 0 Å². The normalized spacial score (nSPS) is 10.5. The lowest BCUT2D eigenvalue weighted by molar-refractivity contribution is 0.0981. The summed E-state index contributed by atoms with van der Waals surface area (Å²) in [7, 11) is 1.59. The van der Waals surface area contributed by atoms with E-state index in [-0.39, 0.29) is 5.78 Å². The number of carbonyl (C=O) groups is 1. The van der Waals surface area contributed by atoms with E-state index in [1.54, 1.807) is 7.11 Å². The van der Waals surface area contributed by atoms with E-state index in [9.17, 15) is 4.79 Å². The Bertz CT molecular complexity index is 455. The van der Waals surface area contributed by atoms with Crippen LogP contribution in [0.3, 0.4) is 0 Å². The maximum atomic E-state index is 12.1. The maximum absolute atomic E-state index is 12.1. The summed E-state index contributed by atoms with van der Waals surface area (Å²) < 4.78 is 6.35. The zero-order chi connectivity index (χ0) is 13.2. The summed E-state index contributed by atoms with van der Waals surface area (Å²) in [6.07, 6.45) is 0.339. The molecule has 4 heteroatoms. The van der Waals surface area contributed by atoms with Crippen molar-refractivity contribution in [2.24, 2.45) is 5.73 Å². The van der Waals surface area contributed by atoms with Crippen molar-refractivity contribution in [1.82, 2.24) is 0 Å². The second-order valence-corrected chi connectivity index (χ2v) is 4.85. The molecule has 0 atom stereocenters. The molecule has 1 aromatic rings. The molecule has 2 N–H and O–H groups in total. The van der Waals surface area contributed by atoms with Crippen LogP contribution in [0.15, 0.2) is 4.47 Å². The van der Waals surface area contributed by atoms with Crippen LogP contribution in [0.5, 0.6) is 5.75 Å². The molecule has 0 aliphatic carbocycles. The third-order valence-electron chi connectivity index (χ3n) is 3.02. The van der Waals surface area contributed by atoms with Crippen molar-refractivity contribution in [3.8, 4) is 5.75 Å². The molecule has 3 nitrogen and oxygen atoms in total. The van der Waals surface area contributed by atoms with E-state index in [2.05, 4.69) is 15.9 Å². The fourth-order valence-corrected chi connectivity index (χ4v) is 2.43. The van der Waals surface area contributed by atoms with Crippen LogP contribution in [0.2, 0.25) is 0 Å². The third-order valence-corrected chi connectivity index (χ3v) is 4.21. The highest BCUT2D eigenvalue weighted by atomic mass is 79.9. The summed E-state index contributed by atoms with van der Waals surface area (Å²) in [6, 6.07) is 0. The van der Waals surface area contributed by atoms with Crippen molar-refractivity contribution in [1.29, 1.82) is 0 Å². The fraction of sp³-hybridized carbons (Fsp3) is 0.462. The lowest BCUT2D eigenvalue weighted by Crippen LogP contribution is -2.12. The molecule has 0 spiro atoms. The number of hydrogen-bond donors (Lipinski definition) is 1. The van der Waals surface area contributed by atoms with Gasteiger partial charge in [0.1, 0.15) is 5.75 Å². The van der Waals surface area contributed by atoms with Crippen molar-refractivity contribution < 1.29 is 9.53 Å². The smallest absolute Gasteiger partial charge is 0.168 e. The van der Waals surface area contributed by atoms with Crippen molar-refractivity contribution in [3.05, 3.63) is 26.7 Å². The number of nitrogens with two attached hydrogens (primary N) is 1. The van der Waals surface area contributed by atoms with Gasteiger partial charge in [0.05, 0.1) is 12.7 Å². The Hall–Kier alpha value is -0.870. The molecule has 0 aliphatic heterocycles. The van der Waals surface area contributed by atoms with E-state index in [0.717, 1.165) is 21.2 Å². The van der Waals surface area contributed by atoms with Crippen LogP contribution in [0, 0.1) is 20.8 Å². The van der Waals surface area contributed by atoms with E-state index >= 15 is 0 Å². The summed E-state index contributed by atoms with van der Waals surface area (Å²) in [5, 5.41) is 0. The monoisotopic (exact) mass is 299 g/mol. The first kappa shape index (κ1) is 14.2. The lowest BCUT2D eigenvalue weighted by Gasteiger charge is -2.17. The molecule has 0 unspecified atom stereocenters. The Balaban J connectivity index is 3.52. The van der Waals surface area contributed by atoms with E-state index in [1.807, 2.05) is 20.8 Å². The molecule has 0 heterocycles. The predicted molar refractivity (Wildman–Crippen MR) is 72.9 cm³/mol. The van der Waals surface area contributed by atoms with Crippen LogP contribution < -0.4 is 10.5 Å². The van der Waals surface area contributed by atoms with Gasteiger partial charge in [0.25, 0.3) is 0 Å². The number of benzene rings is 1. The first-order valence-electron chi connectivity index (χ1n) is 5.52. The quantitative estimate of drug-likeness (QED) is 0.870. The lowest BCUT2D eigenvalue weighted by atomic mass is 9.95. The van der Waals surface area contributed by atoms with E-state index in [4.69, 9.17) is 10.5 Å². The molecular formula is C13H18BrNO2. The number of hydrogen-bond acceptors (Lipinski definition) is 3. The Morgan fingerprint density at radius 2 is 1.82 bits per heavy atom. The summed E-state index contributed by atoms with van der Waals surface area (Å²) >= 11 is 3.52. The number of methoxy groups -OCH3 is 1. The van der Waals surface area contributed by atoms with Gasteiger partial charge >= 0.3 is 0 Å². The standard InChI is InChI=1S/C13H18BrNO2/c1-7-8(2)13(17-4)11(9(3)12(7)14)10(16)5-6-15/h5-6,15H2,1-4H3. The minimum atomic E-state index is 0.0330. The second-order valence-electron chi connectivity index (χ2n) is 4.06. The van der Waals surface area contributed by atoms with Crippen LogP contribution in [0.1, 0.15) is 33.5 Å². The number of rotatable bonds is 4. The Labute approximate surface area is 110 Å². The largest absolute Gasteiger partial charge is 0.496 e. The van der Waals surface area contributed by atoms with E-state index in [0.29, 0.717) is 24.3 Å². The maximum Gasteiger partial charge on any atom is 0.168 e. The van der Waals surface area contributed by atoms with E-state index in [1.165, 1.54) is 0 Å². The molecule has 0 fully saturated rings. The molecule has 0 amide bonds. The molecule has 0 radical (unpaired) electrons. The van der Waals surface area contributed by atoms with Gasteiger partial charge in [-0.25, -0.2) is 0 Å². The van der Waals surface area contributed by atoms with Crippen LogP contribution in [-0.2, 0) is 0 Å². The third kappa shape index (κ3) is 2.53. The highest BCUT2D eigenvalue weighted by Gasteiger charge is 2.21. The molecule has 0 aliphatic rings. The second kappa shape index (κ2) is 5.65. The van der Waals surface area contributed by atoms with Gasteiger partial charge in [0.15, 0.2) is 5.78 Å². The average Bonchev–Trinajstić information content (AvgIpc) is 2.31. The molecule has 17 heavy (non-hydrogen) atoms. The van der Waals surface area contributed by atoms with Gasteiger partial charge in [-0.05, 0) is 44.0 Å². The molecule has 0 aromatic heterocycles. The van der Waals surface area contributed by atoms with Gasteiger partial charge in [-0.3, -0.25) is 4.79 Å². The van der Waals surface area contributed by atoms with Crippen LogP contribution >= 0.6 is 15.9 Å². The Morgan fingerprint density at radius 3 is 2.29 bits per heavy atom. The van der Waals surface area contributed by atoms with Crippen molar-refractivity contribution >= 4 is 21.7 Å². The van der Waals surface area contributed by atoms with Gasteiger partial charge in [-0.2, -0.15) is 0 Å². The SMILES string of the molecule is COc1c(C)c(C)c(Br)c(C)c1C(=O)CCN. The molecule has 0 saturated heterocycles. The van der Waals surface area contributed by atoms with Gasteiger partial charge < -0.3 is 10.5 Å². The van der Waals surface area contributed by atoms with Crippen molar-refractivity contribution in [2.45, 2.75) is 27.2 Å². The van der Waals surface area contributed by atoms with E-state index < -0.39 is 0 Å². The summed E-state index contributed by atoms with van der Waals surface area (Å²) in [6.45, 7) is 6.23. The molecule has 1 aromatic carbocycles. The summed E-state index contributed by atoms with van der Waals surface area (Å²) in [5.74, 6) is 0.701. The van der Waals surface area contributed by atoms with Gasteiger partial charge in [-0.15, -0.1) is 0 Å². The Morgan fingerprint density at radius 1 is 1.24 bits per heavy atom. The van der Waals surface area contributed by atoms with Gasteiger partial charge in [-0.1, -0.05) is 15.9 Å². The van der Waals surface area contributed by atoms with Crippen LogP contribution in [0.25, 0.3) is 0 Å². The minimum Gasteiger partial charge on any atom is -0.496 e. The van der Waals surface area contributed by atoms with Crippen LogP contribution in [0.4, 0.5) is 0 Å². The number of ketones is 1. The average molecular weight is 300 g/mol. The molecular weight excluding hydrogens is 282 g/mol. The number of Topliss-reactive ketones (excluding diaryl/α,β-unsaturated/α-hetero) is 1. The van der Waals surface area contributed by atoms with Crippen molar-refractivity contribution in [2.75, 3.05) is 13.7 Å².